The molecule has 1 aliphatic carbocycles. The fraction of sp³-hybridized carbons (Fsp3) is 0.474. The van der Waals surface area contributed by atoms with Gasteiger partial charge in [-0.25, -0.2) is 9.78 Å². The van der Waals surface area contributed by atoms with Crippen molar-refractivity contribution in [1.82, 2.24) is 4.98 Å². The minimum Gasteiger partial charge on any atom is -0.478 e. The first-order chi connectivity index (χ1) is 11.1. The molecule has 2 aromatic rings. The van der Waals surface area contributed by atoms with E-state index in [1.54, 1.807) is 23.5 Å². The van der Waals surface area contributed by atoms with E-state index >= 15 is 0 Å². The third-order valence-electron chi connectivity index (χ3n) is 4.98. The van der Waals surface area contributed by atoms with Gasteiger partial charge in [0.05, 0.1) is 11.3 Å². The summed E-state index contributed by atoms with van der Waals surface area (Å²) in [6, 6.07) is 6.35. The van der Waals surface area contributed by atoms with Crippen molar-refractivity contribution < 1.29 is 15.0 Å². The number of aromatic carboxylic acids is 1. The lowest BCUT2D eigenvalue weighted by Gasteiger charge is -2.37. The molecule has 0 fully saturated rings. The molecule has 1 aliphatic rings. The van der Waals surface area contributed by atoms with E-state index in [1.807, 2.05) is 0 Å². The minimum absolute atomic E-state index is 0.0203. The number of carbonyl (C=O) groups is 1. The Hall–Kier alpha value is -1.72. The first kappa shape index (κ1) is 17.1. The van der Waals surface area contributed by atoms with Crippen LogP contribution >= 0.6 is 11.3 Å². The van der Waals surface area contributed by atoms with Gasteiger partial charge < -0.3 is 10.2 Å². The van der Waals surface area contributed by atoms with E-state index in [1.165, 1.54) is 17.0 Å². The van der Waals surface area contributed by atoms with E-state index < -0.39 is 12.1 Å². The Bertz CT molecular complexity index is 741. The van der Waals surface area contributed by atoms with Crippen molar-refractivity contribution in [3.05, 3.63) is 51.0 Å². The molecule has 1 aromatic heterocycles. The third-order valence-corrected chi connectivity index (χ3v) is 6.46. The Labute approximate surface area is 146 Å². The van der Waals surface area contributed by atoms with Crippen LogP contribution in [-0.4, -0.2) is 21.2 Å². The van der Waals surface area contributed by atoms with Crippen molar-refractivity contribution in [1.29, 1.82) is 0 Å². The van der Waals surface area contributed by atoms with Crippen molar-refractivity contribution in [2.45, 2.75) is 57.5 Å². The van der Waals surface area contributed by atoms with Gasteiger partial charge >= 0.3 is 5.97 Å². The zero-order valence-electron chi connectivity index (χ0n) is 14.5. The molecule has 0 spiro atoms. The summed E-state index contributed by atoms with van der Waals surface area (Å²) in [7, 11) is 0. The summed E-state index contributed by atoms with van der Waals surface area (Å²) in [5.74, 6) is -0.968. The lowest BCUT2D eigenvalue weighted by molar-refractivity contribution is 0.0696. The zero-order chi connectivity index (χ0) is 17.7. The number of aliphatic hydroxyl groups is 1. The third kappa shape index (κ3) is 2.87. The highest BCUT2D eigenvalue weighted by molar-refractivity contribution is 7.12. The van der Waals surface area contributed by atoms with E-state index in [-0.39, 0.29) is 16.4 Å². The fourth-order valence-electron chi connectivity index (χ4n) is 3.18. The molecular formula is C19H23NO3S. The molecule has 5 heteroatoms. The quantitative estimate of drug-likeness (QED) is 0.871. The molecule has 0 amide bonds. The van der Waals surface area contributed by atoms with Crippen LogP contribution in [0, 0.1) is 0 Å². The second-order valence-corrected chi connectivity index (χ2v) is 8.86. The lowest BCUT2D eigenvalue weighted by atomic mass is 9.69. The topological polar surface area (TPSA) is 70.4 Å². The second-order valence-electron chi connectivity index (χ2n) is 7.83. The van der Waals surface area contributed by atoms with Crippen molar-refractivity contribution >= 4 is 17.3 Å². The van der Waals surface area contributed by atoms with Gasteiger partial charge in [0.25, 0.3) is 0 Å². The summed E-state index contributed by atoms with van der Waals surface area (Å²) in [6.45, 7) is 8.88. The van der Waals surface area contributed by atoms with Gasteiger partial charge in [0.2, 0.25) is 0 Å². The number of hydrogen-bond donors (Lipinski definition) is 2. The number of hydrogen-bond acceptors (Lipinski definition) is 4. The van der Waals surface area contributed by atoms with Crippen LogP contribution in [0.1, 0.15) is 78.1 Å². The highest BCUT2D eigenvalue weighted by Crippen LogP contribution is 2.49. The van der Waals surface area contributed by atoms with Crippen molar-refractivity contribution in [3.8, 4) is 0 Å². The SMILES string of the molecule is CC1(C)CCC(C)(C)c2sc(C(O)c3ccc(C(=O)O)cc3)nc21. The van der Waals surface area contributed by atoms with Crippen molar-refractivity contribution in [2.24, 2.45) is 0 Å². The maximum atomic E-state index is 11.0. The van der Waals surface area contributed by atoms with Gasteiger partial charge in [0.15, 0.2) is 0 Å². The molecule has 0 aliphatic heterocycles. The number of carboxylic acid groups (broad SMARTS) is 1. The van der Waals surface area contributed by atoms with E-state index in [2.05, 4.69) is 27.7 Å². The molecule has 0 bridgehead atoms. The molecule has 24 heavy (non-hydrogen) atoms. The van der Waals surface area contributed by atoms with Gasteiger partial charge in [-0.2, -0.15) is 0 Å². The van der Waals surface area contributed by atoms with Crippen molar-refractivity contribution in [3.63, 3.8) is 0 Å². The summed E-state index contributed by atoms with van der Waals surface area (Å²) in [6.07, 6.45) is 1.37. The Morgan fingerprint density at radius 3 is 2.25 bits per heavy atom. The molecule has 1 heterocycles. The summed E-state index contributed by atoms with van der Waals surface area (Å²) < 4.78 is 0. The summed E-state index contributed by atoms with van der Waals surface area (Å²) in [5, 5.41) is 20.4. The zero-order valence-corrected chi connectivity index (χ0v) is 15.3. The molecular weight excluding hydrogens is 322 g/mol. The van der Waals surface area contributed by atoms with E-state index in [9.17, 15) is 9.90 Å². The standard InChI is InChI=1S/C19H23NO3S/c1-18(2)9-10-19(3,4)15-14(18)20-16(24-15)13(21)11-5-7-12(8-6-11)17(22)23/h5-8,13,21H,9-10H2,1-4H3,(H,22,23). The van der Waals surface area contributed by atoms with Crippen LogP contribution in [-0.2, 0) is 10.8 Å². The van der Waals surface area contributed by atoms with Crippen LogP contribution in [0.3, 0.4) is 0 Å². The van der Waals surface area contributed by atoms with Crippen LogP contribution in [0.15, 0.2) is 24.3 Å². The second kappa shape index (κ2) is 5.67. The number of aliphatic hydroxyl groups excluding tert-OH is 1. The minimum atomic E-state index is -0.968. The molecule has 3 rings (SSSR count). The summed E-state index contributed by atoms with van der Waals surface area (Å²) in [5.41, 5.74) is 2.08. The highest BCUT2D eigenvalue weighted by atomic mass is 32.1. The number of aromatic nitrogens is 1. The van der Waals surface area contributed by atoms with Gasteiger partial charge in [-0.3, -0.25) is 0 Å². The normalized spacial score (nSPS) is 19.5. The molecule has 0 radical (unpaired) electrons. The van der Waals surface area contributed by atoms with Gasteiger partial charge in [-0.05, 0) is 30.5 Å². The monoisotopic (exact) mass is 345 g/mol. The van der Waals surface area contributed by atoms with Gasteiger partial charge in [-0.15, -0.1) is 11.3 Å². The predicted molar refractivity (Wildman–Crippen MR) is 94.9 cm³/mol. The Morgan fingerprint density at radius 1 is 1.12 bits per heavy atom. The number of carboxylic acids is 1. The van der Waals surface area contributed by atoms with Gasteiger partial charge in [0, 0.05) is 15.7 Å². The Balaban J connectivity index is 1.98. The molecule has 0 saturated carbocycles. The first-order valence-electron chi connectivity index (χ1n) is 8.15. The summed E-state index contributed by atoms with van der Waals surface area (Å²) >= 11 is 1.58. The van der Waals surface area contributed by atoms with Crippen LogP contribution < -0.4 is 0 Å². The molecule has 4 nitrogen and oxygen atoms in total. The largest absolute Gasteiger partial charge is 0.478 e. The van der Waals surface area contributed by atoms with Crippen LogP contribution in [0.4, 0.5) is 0 Å². The van der Waals surface area contributed by atoms with Crippen molar-refractivity contribution in [2.75, 3.05) is 0 Å². The van der Waals surface area contributed by atoms with E-state index in [0.29, 0.717) is 10.6 Å². The summed E-state index contributed by atoms with van der Waals surface area (Å²) in [4.78, 5) is 17.0. The Morgan fingerprint density at radius 2 is 1.71 bits per heavy atom. The highest BCUT2D eigenvalue weighted by Gasteiger charge is 2.41. The molecule has 1 atom stereocenters. The molecule has 0 saturated heterocycles. The van der Waals surface area contributed by atoms with Gasteiger partial charge in [0.1, 0.15) is 11.1 Å². The molecule has 1 aromatic carbocycles. The molecule has 128 valence electrons. The van der Waals surface area contributed by atoms with Gasteiger partial charge in [-0.1, -0.05) is 39.8 Å². The number of fused-ring (bicyclic) bond motifs is 1. The van der Waals surface area contributed by atoms with E-state index in [4.69, 9.17) is 10.1 Å². The first-order valence-corrected chi connectivity index (χ1v) is 8.96. The smallest absolute Gasteiger partial charge is 0.335 e. The molecule has 1 unspecified atom stereocenters. The average molecular weight is 345 g/mol. The number of rotatable bonds is 3. The molecule has 2 N–H and O–H groups in total. The van der Waals surface area contributed by atoms with E-state index in [0.717, 1.165) is 18.5 Å². The number of benzene rings is 1. The maximum Gasteiger partial charge on any atom is 0.335 e. The van der Waals surface area contributed by atoms with Crippen LogP contribution in [0.25, 0.3) is 0 Å². The van der Waals surface area contributed by atoms with Crippen LogP contribution in [0.2, 0.25) is 0 Å². The predicted octanol–water partition coefficient (Wildman–Crippen LogP) is 4.27. The average Bonchev–Trinajstić information content (AvgIpc) is 2.99. The number of nitrogens with zero attached hydrogens (tertiary/aromatic N) is 1. The fourth-order valence-corrected chi connectivity index (χ4v) is 4.57. The lowest BCUT2D eigenvalue weighted by Crippen LogP contribution is -2.32. The van der Waals surface area contributed by atoms with Crippen LogP contribution in [0.5, 0.6) is 0 Å². The number of thiazole rings is 1. The Kier molecular flexibility index (Phi) is 4.04. The maximum absolute atomic E-state index is 11.0.